The normalized spacial score (nSPS) is 11.6. The first-order chi connectivity index (χ1) is 6.68. The third-order valence-electron chi connectivity index (χ3n) is 3.23. The fraction of sp³-hybridized carbons (Fsp3) is 0.500. The Kier molecular flexibility index (Phi) is 3.53. The average molecular weight is 193 g/mol. The Morgan fingerprint density at radius 3 is 2.07 bits per heavy atom. The van der Waals surface area contributed by atoms with Crippen molar-refractivity contribution in [3.63, 3.8) is 0 Å². The molecule has 0 aliphatic carbocycles. The minimum atomic E-state index is 0.861. The number of anilines is 1. The van der Waals surface area contributed by atoms with Crippen LogP contribution in [0.1, 0.15) is 20.8 Å². The standard InChI is InChI=1S/C12H21N2/c1-4-14(5-2,6-3)12-9-7-8-11(13)10-12/h7-10H,4-6,13H2,1-3H3/q+1. The summed E-state index contributed by atoms with van der Waals surface area (Å²) in [6.45, 7) is 10.1. The van der Waals surface area contributed by atoms with Crippen molar-refractivity contribution in [3.05, 3.63) is 24.3 Å². The molecule has 78 valence electrons. The van der Waals surface area contributed by atoms with E-state index in [2.05, 4.69) is 32.9 Å². The number of nitrogens with zero attached hydrogens (tertiary/aromatic N) is 1. The SMILES string of the molecule is CC[N+](CC)(CC)c1cccc(N)c1. The number of hydrogen-bond acceptors (Lipinski definition) is 1. The fourth-order valence-corrected chi connectivity index (χ4v) is 2.04. The van der Waals surface area contributed by atoms with Crippen molar-refractivity contribution >= 4 is 11.4 Å². The summed E-state index contributed by atoms with van der Waals surface area (Å²) in [4.78, 5) is 0. The number of quaternary nitrogens is 1. The van der Waals surface area contributed by atoms with Crippen LogP contribution in [-0.4, -0.2) is 19.6 Å². The molecule has 14 heavy (non-hydrogen) atoms. The molecule has 0 heterocycles. The largest absolute Gasteiger partial charge is 0.399 e. The summed E-state index contributed by atoms with van der Waals surface area (Å²) < 4.78 is 1.02. The van der Waals surface area contributed by atoms with E-state index in [1.165, 1.54) is 5.69 Å². The van der Waals surface area contributed by atoms with Crippen molar-refractivity contribution in [2.45, 2.75) is 20.8 Å². The highest BCUT2D eigenvalue weighted by atomic mass is 15.3. The van der Waals surface area contributed by atoms with Crippen molar-refractivity contribution < 1.29 is 0 Å². The molecule has 0 aliphatic rings. The Morgan fingerprint density at radius 2 is 1.64 bits per heavy atom. The molecule has 2 N–H and O–H groups in total. The van der Waals surface area contributed by atoms with Gasteiger partial charge in [-0.15, -0.1) is 0 Å². The van der Waals surface area contributed by atoms with Crippen LogP contribution < -0.4 is 10.2 Å². The van der Waals surface area contributed by atoms with Gasteiger partial charge in [0.05, 0.1) is 19.6 Å². The fourth-order valence-electron chi connectivity index (χ4n) is 2.04. The topological polar surface area (TPSA) is 26.0 Å². The molecule has 0 saturated carbocycles. The molecule has 2 nitrogen and oxygen atoms in total. The quantitative estimate of drug-likeness (QED) is 0.577. The van der Waals surface area contributed by atoms with Gasteiger partial charge >= 0.3 is 0 Å². The molecule has 0 bridgehead atoms. The van der Waals surface area contributed by atoms with E-state index in [0.717, 1.165) is 29.8 Å². The lowest BCUT2D eigenvalue weighted by Crippen LogP contribution is -2.48. The van der Waals surface area contributed by atoms with Gasteiger partial charge in [-0.2, -0.15) is 0 Å². The summed E-state index contributed by atoms with van der Waals surface area (Å²) in [7, 11) is 0. The Hall–Kier alpha value is -1.02. The molecular formula is C12H21N2+. The predicted octanol–water partition coefficient (Wildman–Crippen LogP) is 2.64. The second kappa shape index (κ2) is 4.47. The van der Waals surface area contributed by atoms with Crippen LogP contribution in [0.15, 0.2) is 24.3 Å². The van der Waals surface area contributed by atoms with E-state index < -0.39 is 0 Å². The van der Waals surface area contributed by atoms with E-state index in [1.807, 2.05) is 12.1 Å². The van der Waals surface area contributed by atoms with Crippen LogP contribution >= 0.6 is 0 Å². The zero-order valence-corrected chi connectivity index (χ0v) is 9.46. The molecule has 0 aliphatic heterocycles. The number of nitrogens with two attached hydrogens (primary N) is 1. The summed E-state index contributed by atoms with van der Waals surface area (Å²) in [5.41, 5.74) is 8.00. The van der Waals surface area contributed by atoms with Crippen LogP contribution in [-0.2, 0) is 0 Å². The molecule has 1 aromatic rings. The molecule has 0 atom stereocenters. The van der Waals surface area contributed by atoms with E-state index in [4.69, 9.17) is 5.73 Å². The molecule has 0 unspecified atom stereocenters. The van der Waals surface area contributed by atoms with E-state index in [1.54, 1.807) is 0 Å². The van der Waals surface area contributed by atoms with Gasteiger partial charge in [0.15, 0.2) is 0 Å². The van der Waals surface area contributed by atoms with Crippen LogP contribution in [0, 0.1) is 0 Å². The molecule has 0 fully saturated rings. The highest BCUT2D eigenvalue weighted by molar-refractivity contribution is 5.53. The Labute approximate surface area is 86.9 Å². The van der Waals surface area contributed by atoms with Crippen LogP contribution in [0.5, 0.6) is 0 Å². The van der Waals surface area contributed by atoms with Gasteiger partial charge in [0.25, 0.3) is 0 Å². The van der Waals surface area contributed by atoms with Gasteiger partial charge in [0.1, 0.15) is 5.69 Å². The summed E-state index contributed by atoms with van der Waals surface area (Å²) in [5.74, 6) is 0. The predicted molar refractivity (Wildman–Crippen MR) is 64.3 cm³/mol. The third-order valence-corrected chi connectivity index (χ3v) is 3.23. The third kappa shape index (κ3) is 1.90. The highest BCUT2D eigenvalue weighted by Gasteiger charge is 2.23. The van der Waals surface area contributed by atoms with E-state index in [0.29, 0.717) is 0 Å². The Balaban J connectivity index is 3.10. The first-order valence-corrected chi connectivity index (χ1v) is 5.40. The first-order valence-electron chi connectivity index (χ1n) is 5.40. The number of rotatable bonds is 4. The minimum Gasteiger partial charge on any atom is -0.399 e. The highest BCUT2D eigenvalue weighted by Crippen LogP contribution is 2.24. The molecule has 0 aromatic heterocycles. The maximum absolute atomic E-state index is 5.81. The lowest BCUT2D eigenvalue weighted by atomic mass is 10.2. The van der Waals surface area contributed by atoms with Crippen LogP contribution in [0.3, 0.4) is 0 Å². The first kappa shape index (κ1) is 11.1. The van der Waals surface area contributed by atoms with Crippen molar-refractivity contribution in [3.8, 4) is 0 Å². The van der Waals surface area contributed by atoms with Crippen molar-refractivity contribution in [1.82, 2.24) is 4.48 Å². The monoisotopic (exact) mass is 193 g/mol. The van der Waals surface area contributed by atoms with Crippen molar-refractivity contribution in [2.75, 3.05) is 25.4 Å². The molecule has 0 radical (unpaired) electrons. The lowest BCUT2D eigenvalue weighted by molar-refractivity contribution is 0.316. The minimum absolute atomic E-state index is 0.861. The second-order valence-electron chi connectivity index (χ2n) is 3.69. The molecule has 1 rings (SSSR count). The molecule has 0 saturated heterocycles. The average Bonchev–Trinajstić information content (AvgIpc) is 2.22. The summed E-state index contributed by atoms with van der Waals surface area (Å²) in [6.07, 6.45) is 0. The maximum Gasteiger partial charge on any atom is 0.134 e. The van der Waals surface area contributed by atoms with Gasteiger partial charge in [0.2, 0.25) is 0 Å². The van der Waals surface area contributed by atoms with E-state index in [-0.39, 0.29) is 0 Å². The molecule has 0 spiro atoms. The molecule has 0 amide bonds. The van der Waals surface area contributed by atoms with Gasteiger partial charge in [-0.25, -0.2) is 0 Å². The number of hydrogen-bond donors (Lipinski definition) is 1. The summed E-state index contributed by atoms with van der Waals surface area (Å²) in [5, 5.41) is 0. The van der Waals surface area contributed by atoms with Gasteiger partial charge in [-0.05, 0) is 32.9 Å². The second-order valence-corrected chi connectivity index (χ2v) is 3.69. The van der Waals surface area contributed by atoms with Crippen molar-refractivity contribution in [2.24, 2.45) is 0 Å². The number of nitrogen functional groups attached to an aromatic ring is 1. The van der Waals surface area contributed by atoms with Crippen LogP contribution in [0.4, 0.5) is 11.4 Å². The number of benzene rings is 1. The summed E-state index contributed by atoms with van der Waals surface area (Å²) in [6, 6.07) is 8.25. The van der Waals surface area contributed by atoms with Crippen LogP contribution in [0.25, 0.3) is 0 Å². The zero-order chi connectivity index (χ0) is 10.6. The Bertz CT molecular complexity index is 282. The van der Waals surface area contributed by atoms with Gasteiger partial charge in [0, 0.05) is 11.8 Å². The zero-order valence-electron chi connectivity index (χ0n) is 9.46. The maximum atomic E-state index is 5.81. The lowest BCUT2D eigenvalue weighted by Gasteiger charge is -2.35. The smallest absolute Gasteiger partial charge is 0.134 e. The molecular weight excluding hydrogens is 172 g/mol. The van der Waals surface area contributed by atoms with E-state index >= 15 is 0 Å². The Morgan fingerprint density at radius 1 is 1.07 bits per heavy atom. The molecule has 1 aromatic carbocycles. The van der Waals surface area contributed by atoms with E-state index in [9.17, 15) is 0 Å². The van der Waals surface area contributed by atoms with Crippen LogP contribution in [0.2, 0.25) is 0 Å². The molecule has 2 heteroatoms. The summed E-state index contributed by atoms with van der Waals surface area (Å²) >= 11 is 0. The van der Waals surface area contributed by atoms with Gasteiger partial charge < -0.3 is 5.73 Å². The van der Waals surface area contributed by atoms with Gasteiger partial charge in [-0.1, -0.05) is 6.07 Å². The van der Waals surface area contributed by atoms with Crippen molar-refractivity contribution in [1.29, 1.82) is 0 Å². The van der Waals surface area contributed by atoms with Gasteiger partial charge in [-0.3, -0.25) is 4.48 Å².